The van der Waals surface area contributed by atoms with Gasteiger partial charge in [0, 0.05) is 34.2 Å². The van der Waals surface area contributed by atoms with Crippen LogP contribution in [0.25, 0.3) is 5.69 Å². The van der Waals surface area contributed by atoms with Gasteiger partial charge in [-0.05, 0) is 92.6 Å². The first-order valence-electron chi connectivity index (χ1n) is 9.95. The number of hydrogen-bond acceptors (Lipinski definition) is 1. The van der Waals surface area contributed by atoms with Crippen LogP contribution in [0.1, 0.15) is 45.7 Å². The van der Waals surface area contributed by atoms with Crippen LogP contribution in [0.5, 0.6) is 0 Å². The van der Waals surface area contributed by atoms with E-state index < -0.39 is 0 Å². The highest BCUT2D eigenvalue weighted by Crippen LogP contribution is 2.28. The Morgan fingerprint density at radius 2 is 1.75 bits per heavy atom. The Bertz CT molecular complexity index is 971. The van der Waals surface area contributed by atoms with E-state index in [1.807, 2.05) is 36.4 Å². The molecule has 0 saturated heterocycles. The van der Waals surface area contributed by atoms with E-state index in [4.69, 9.17) is 11.6 Å². The van der Waals surface area contributed by atoms with Crippen molar-refractivity contribution >= 4 is 17.5 Å². The first kappa shape index (κ1) is 18.8. The van der Waals surface area contributed by atoms with Crippen molar-refractivity contribution in [1.82, 2.24) is 9.88 Å². The number of nitrogens with one attached hydrogen (secondary N) is 1. The Balaban J connectivity index is 1.41. The predicted molar refractivity (Wildman–Crippen MR) is 115 cm³/mol. The second kappa shape index (κ2) is 8.24. The van der Waals surface area contributed by atoms with Crippen LogP contribution in [0.3, 0.4) is 0 Å². The Labute approximate surface area is 171 Å². The van der Waals surface area contributed by atoms with Crippen LogP contribution in [0.4, 0.5) is 0 Å². The number of benzene rings is 2. The van der Waals surface area contributed by atoms with E-state index >= 15 is 0 Å². The molecule has 1 aliphatic carbocycles. The summed E-state index contributed by atoms with van der Waals surface area (Å²) < 4.78 is 2.34. The molecular weight excluding hydrogens is 368 g/mol. The number of carbonyl (C=O) groups is 1. The molecule has 144 valence electrons. The van der Waals surface area contributed by atoms with Gasteiger partial charge in [0.1, 0.15) is 0 Å². The molecule has 0 bridgehead atoms. The molecule has 0 spiro atoms. The summed E-state index contributed by atoms with van der Waals surface area (Å²) in [5, 5.41) is 3.73. The van der Waals surface area contributed by atoms with Crippen LogP contribution in [-0.4, -0.2) is 17.0 Å². The summed E-state index contributed by atoms with van der Waals surface area (Å²) in [7, 11) is 0. The van der Waals surface area contributed by atoms with Crippen LogP contribution < -0.4 is 5.32 Å². The average Bonchev–Trinajstić information content (AvgIpc) is 3.05. The second-order valence-corrected chi connectivity index (χ2v) is 7.92. The third kappa shape index (κ3) is 4.00. The quantitative estimate of drug-likeness (QED) is 0.628. The van der Waals surface area contributed by atoms with E-state index in [-0.39, 0.29) is 5.91 Å². The van der Waals surface area contributed by atoms with Crippen LogP contribution >= 0.6 is 11.6 Å². The minimum absolute atomic E-state index is 0.0354. The molecule has 3 aromatic rings. The van der Waals surface area contributed by atoms with Gasteiger partial charge in [0.25, 0.3) is 5.91 Å². The Morgan fingerprint density at radius 3 is 2.50 bits per heavy atom. The fourth-order valence-electron chi connectivity index (χ4n) is 4.05. The molecule has 1 heterocycles. The van der Waals surface area contributed by atoms with Crippen molar-refractivity contribution in [3.8, 4) is 5.69 Å². The summed E-state index contributed by atoms with van der Waals surface area (Å²) in [5.74, 6) is -0.0354. The highest BCUT2D eigenvalue weighted by atomic mass is 35.5. The zero-order valence-corrected chi connectivity index (χ0v) is 16.9. The monoisotopic (exact) mass is 392 g/mol. The highest BCUT2D eigenvalue weighted by molar-refractivity contribution is 6.30. The predicted octanol–water partition coefficient (Wildman–Crippen LogP) is 5.29. The summed E-state index contributed by atoms with van der Waals surface area (Å²) in [6.07, 6.45) is 5.64. The van der Waals surface area contributed by atoms with Gasteiger partial charge in [0.05, 0.1) is 0 Å². The normalized spacial score (nSPS) is 13.2. The lowest BCUT2D eigenvalue weighted by molar-refractivity contribution is 0.0954. The topological polar surface area (TPSA) is 34.0 Å². The number of aryl methyl sites for hydroxylation is 2. The summed E-state index contributed by atoms with van der Waals surface area (Å²) in [4.78, 5) is 12.4. The minimum Gasteiger partial charge on any atom is -0.352 e. The van der Waals surface area contributed by atoms with Gasteiger partial charge in [-0.1, -0.05) is 23.7 Å². The summed E-state index contributed by atoms with van der Waals surface area (Å²) in [6, 6.07) is 18.0. The maximum absolute atomic E-state index is 12.4. The molecule has 4 rings (SSSR count). The third-order valence-electron chi connectivity index (χ3n) is 5.49. The Morgan fingerprint density at radius 1 is 1.04 bits per heavy atom. The zero-order valence-electron chi connectivity index (χ0n) is 16.2. The molecule has 4 heteroatoms. The van der Waals surface area contributed by atoms with Crippen molar-refractivity contribution < 1.29 is 4.79 Å². The van der Waals surface area contributed by atoms with E-state index in [2.05, 4.69) is 35.0 Å². The number of halogens is 1. The van der Waals surface area contributed by atoms with Crippen molar-refractivity contribution in [2.24, 2.45) is 0 Å². The van der Waals surface area contributed by atoms with Crippen molar-refractivity contribution in [1.29, 1.82) is 0 Å². The Kier molecular flexibility index (Phi) is 5.54. The molecule has 1 aromatic heterocycles. The molecular formula is C24H25ClN2O. The molecule has 0 saturated carbocycles. The van der Waals surface area contributed by atoms with E-state index in [0.29, 0.717) is 12.1 Å². The van der Waals surface area contributed by atoms with E-state index in [9.17, 15) is 4.79 Å². The largest absolute Gasteiger partial charge is 0.352 e. The molecule has 0 aliphatic heterocycles. The number of amides is 1. The summed E-state index contributed by atoms with van der Waals surface area (Å²) in [5.41, 5.74) is 7.17. The van der Waals surface area contributed by atoms with Gasteiger partial charge in [-0.15, -0.1) is 0 Å². The van der Waals surface area contributed by atoms with E-state index in [0.717, 1.165) is 29.1 Å². The number of carbonyl (C=O) groups excluding carboxylic acids is 1. The zero-order chi connectivity index (χ0) is 19.5. The number of hydrogen-bond donors (Lipinski definition) is 1. The molecule has 1 N–H and O–H groups in total. The van der Waals surface area contributed by atoms with Gasteiger partial charge in [-0.2, -0.15) is 0 Å². The van der Waals surface area contributed by atoms with E-state index in [1.54, 1.807) is 0 Å². The molecule has 0 radical (unpaired) electrons. The smallest absolute Gasteiger partial charge is 0.251 e. The first-order valence-corrected chi connectivity index (χ1v) is 10.3. The fourth-order valence-corrected chi connectivity index (χ4v) is 4.17. The van der Waals surface area contributed by atoms with Crippen molar-refractivity contribution in [3.63, 3.8) is 0 Å². The van der Waals surface area contributed by atoms with Gasteiger partial charge < -0.3 is 9.88 Å². The highest BCUT2D eigenvalue weighted by Gasteiger charge is 2.17. The second-order valence-electron chi connectivity index (χ2n) is 7.48. The van der Waals surface area contributed by atoms with Crippen LogP contribution in [0.15, 0.2) is 54.6 Å². The molecule has 2 aromatic carbocycles. The van der Waals surface area contributed by atoms with Gasteiger partial charge >= 0.3 is 0 Å². The SMILES string of the molecule is Cc1cc2c(n1-c1ccc(C(=O)NCCc3ccc(Cl)cc3)cc1)CCCC2. The van der Waals surface area contributed by atoms with Crippen molar-refractivity contribution in [2.45, 2.75) is 39.0 Å². The summed E-state index contributed by atoms with van der Waals surface area (Å²) in [6.45, 7) is 2.77. The van der Waals surface area contributed by atoms with Gasteiger partial charge in [0.15, 0.2) is 0 Å². The standard InChI is InChI=1S/C24H25ClN2O/c1-17-16-20-4-2-3-5-23(20)27(17)22-12-8-19(9-13-22)24(28)26-15-14-18-6-10-21(25)11-7-18/h6-13,16H,2-5,14-15H2,1H3,(H,26,28). The molecule has 0 unspecified atom stereocenters. The van der Waals surface area contributed by atoms with Gasteiger partial charge in [0.2, 0.25) is 0 Å². The van der Waals surface area contributed by atoms with Gasteiger partial charge in [-0.25, -0.2) is 0 Å². The lowest BCUT2D eigenvalue weighted by Gasteiger charge is -2.17. The van der Waals surface area contributed by atoms with Gasteiger partial charge in [-0.3, -0.25) is 4.79 Å². The van der Waals surface area contributed by atoms with Crippen molar-refractivity contribution in [3.05, 3.63) is 87.7 Å². The molecule has 1 amide bonds. The maximum Gasteiger partial charge on any atom is 0.251 e. The average molecular weight is 393 g/mol. The fraction of sp³-hybridized carbons (Fsp3) is 0.292. The summed E-state index contributed by atoms with van der Waals surface area (Å²) >= 11 is 5.90. The number of nitrogens with zero attached hydrogens (tertiary/aromatic N) is 1. The van der Waals surface area contributed by atoms with Crippen LogP contribution in [0.2, 0.25) is 5.02 Å². The molecule has 0 fully saturated rings. The minimum atomic E-state index is -0.0354. The molecule has 0 atom stereocenters. The van der Waals surface area contributed by atoms with Crippen LogP contribution in [0, 0.1) is 6.92 Å². The maximum atomic E-state index is 12.4. The lowest BCUT2D eigenvalue weighted by atomic mass is 9.98. The number of fused-ring (bicyclic) bond motifs is 1. The Hall–Kier alpha value is -2.52. The van der Waals surface area contributed by atoms with E-state index in [1.165, 1.54) is 36.2 Å². The van der Waals surface area contributed by atoms with Crippen molar-refractivity contribution in [2.75, 3.05) is 6.54 Å². The third-order valence-corrected chi connectivity index (χ3v) is 5.74. The number of rotatable bonds is 5. The number of aromatic nitrogens is 1. The first-order chi connectivity index (χ1) is 13.6. The van der Waals surface area contributed by atoms with Crippen LogP contribution in [-0.2, 0) is 19.3 Å². The lowest BCUT2D eigenvalue weighted by Crippen LogP contribution is -2.25. The molecule has 28 heavy (non-hydrogen) atoms. The molecule has 1 aliphatic rings. The molecule has 3 nitrogen and oxygen atoms in total.